The van der Waals surface area contributed by atoms with Crippen LogP contribution in [-0.4, -0.2) is 46.6 Å². The van der Waals surface area contributed by atoms with Crippen molar-refractivity contribution >= 4 is 17.6 Å². The Morgan fingerprint density at radius 3 is 2.32 bits per heavy atom. The van der Waals surface area contributed by atoms with Crippen LogP contribution in [0.1, 0.15) is 0 Å². The van der Waals surface area contributed by atoms with Crippen LogP contribution < -0.4 is 9.64 Å². The smallest absolute Gasteiger partial charge is 0.355 e. The molecule has 0 N–H and O–H groups in total. The Morgan fingerprint density at radius 2 is 1.68 bits per heavy atom. The van der Waals surface area contributed by atoms with Gasteiger partial charge >= 0.3 is 11.9 Å². The monoisotopic (exact) mass is 383 g/mol. The molecule has 2 aromatic carbocycles. The third-order valence-corrected chi connectivity index (χ3v) is 4.41. The lowest BCUT2D eigenvalue weighted by molar-refractivity contribution is -0.140. The van der Waals surface area contributed by atoms with Crippen molar-refractivity contribution in [3.63, 3.8) is 0 Å². The van der Waals surface area contributed by atoms with Crippen LogP contribution in [0.2, 0.25) is 0 Å². The molecule has 3 rings (SSSR count). The first-order valence-corrected chi connectivity index (χ1v) is 8.59. The molecule has 0 amide bonds. The van der Waals surface area contributed by atoms with Gasteiger partial charge in [-0.3, -0.25) is 0 Å². The van der Waals surface area contributed by atoms with E-state index in [0.717, 1.165) is 11.1 Å². The lowest BCUT2D eigenvalue weighted by Gasteiger charge is -2.32. The normalized spacial score (nSPS) is 13.9. The van der Waals surface area contributed by atoms with Crippen LogP contribution in [0.15, 0.2) is 59.8 Å². The van der Waals surface area contributed by atoms with E-state index in [-0.39, 0.29) is 24.6 Å². The van der Waals surface area contributed by atoms with Gasteiger partial charge in [0.2, 0.25) is 0 Å². The lowest BCUT2D eigenvalue weighted by atomic mass is 10.0. The second-order valence-corrected chi connectivity index (χ2v) is 5.97. The van der Waals surface area contributed by atoms with Crippen LogP contribution in [0.5, 0.6) is 5.75 Å². The molecule has 0 fully saturated rings. The number of carbonyl (C=O) groups excluding carboxylic acids is 2. The topological polar surface area (TPSA) is 74.3 Å². The number of ether oxygens (including phenoxy) is 4. The molecule has 0 spiro atoms. The number of methoxy groups -OCH3 is 3. The average molecular weight is 383 g/mol. The van der Waals surface area contributed by atoms with Crippen molar-refractivity contribution < 1.29 is 28.5 Å². The number of carbonyl (C=O) groups is 2. The predicted octanol–water partition coefficient (Wildman–Crippen LogP) is 2.76. The predicted molar refractivity (Wildman–Crippen MR) is 103 cm³/mol. The zero-order valence-electron chi connectivity index (χ0n) is 15.9. The number of rotatable bonds is 5. The van der Waals surface area contributed by atoms with Crippen molar-refractivity contribution in [2.45, 2.75) is 0 Å². The molecule has 0 saturated heterocycles. The van der Waals surface area contributed by atoms with E-state index >= 15 is 0 Å². The molecular formula is C21H21NO6. The number of benzene rings is 2. The summed E-state index contributed by atoms with van der Waals surface area (Å²) in [6, 6.07) is 15.2. The van der Waals surface area contributed by atoms with E-state index in [2.05, 4.69) is 0 Å². The first-order valence-electron chi connectivity index (χ1n) is 8.59. The molecule has 146 valence electrons. The van der Waals surface area contributed by atoms with Crippen molar-refractivity contribution in [2.24, 2.45) is 0 Å². The fourth-order valence-corrected chi connectivity index (χ4v) is 3.06. The Hall–Kier alpha value is -3.32. The second-order valence-electron chi connectivity index (χ2n) is 5.97. The van der Waals surface area contributed by atoms with Gasteiger partial charge < -0.3 is 23.8 Å². The summed E-state index contributed by atoms with van der Waals surface area (Å²) in [5.74, 6) is -0.691. The summed E-state index contributed by atoms with van der Waals surface area (Å²) in [6.45, 7) is 0.0240. The number of hydrogen-bond donors (Lipinski definition) is 0. The maximum absolute atomic E-state index is 12.6. The summed E-state index contributed by atoms with van der Waals surface area (Å²) in [4.78, 5) is 26.4. The molecule has 0 aromatic heterocycles. The van der Waals surface area contributed by atoms with Gasteiger partial charge in [0, 0.05) is 11.6 Å². The van der Waals surface area contributed by atoms with E-state index in [4.69, 9.17) is 18.9 Å². The molecule has 2 aromatic rings. The molecule has 0 bridgehead atoms. The minimum Gasteiger partial charge on any atom is -0.497 e. The minimum absolute atomic E-state index is 0.0434. The first-order chi connectivity index (χ1) is 13.6. The number of nitrogens with zero attached hydrogens (tertiary/aromatic N) is 1. The minimum atomic E-state index is -0.648. The molecule has 1 heterocycles. The molecule has 0 saturated carbocycles. The quantitative estimate of drug-likeness (QED) is 0.735. The Labute approximate surface area is 163 Å². The van der Waals surface area contributed by atoms with Crippen LogP contribution in [0.4, 0.5) is 5.69 Å². The number of esters is 2. The molecule has 1 aliphatic rings. The second kappa shape index (κ2) is 8.58. The first kappa shape index (κ1) is 19.4. The third-order valence-electron chi connectivity index (χ3n) is 4.41. The molecule has 0 unspecified atom stereocenters. The lowest BCUT2D eigenvalue weighted by Crippen LogP contribution is -2.39. The van der Waals surface area contributed by atoms with E-state index in [9.17, 15) is 9.59 Å². The SMILES string of the molecule is COC(=O)C1=C(C(=O)OC)N(c2cc(OC)ccc2-c2ccccc2)COC1. The Morgan fingerprint density at radius 1 is 0.964 bits per heavy atom. The largest absolute Gasteiger partial charge is 0.497 e. The fourth-order valence-electron chi connectivity index (χ4n) is 3.06. The van der Waals surface area contributed by atoms with E-state index in [0.29, 0.717) is 11.4 Å². The molecular weight excluding hydrogens is 362 g/mol. The molecule has 0 atom stereocenters. The summed E-state index contributed by atoms with van der Waals surface area (Å²) >= 11 is 0. The maximum atomic E-state index is 12.6. The molecule has 1 aliphatic heterocycles. The number of hydrogen-bond acceptors (Lipinski definition) is 7. The van der Waals surface area contributed by atoms with Gasteiger partial charge in [-0.25, -0.2) is 9.59 Å². The van der Waals surface area contributed by atoms with Gasteiger partial charge in [0.25, 0.3) is 0 Å². The fraction of sp³-hybridized carbons (Fsp3) is 0.238. The van der Waals surface area contributed by atoms with E-state index in [1.807, 2.05) is 42.5 Å². The van der Waals surface area contributed by atoms with Gasteiger partial charge in [0.1, 0.15) is 18.2 Å². The van der Waals surface area contributed by atoms with Crippen LogP contribution >= 0.6 is 0 Å². The van der Waals surface area contributed by atoms with Crippen LogP contribution in [0.3, 0.4) is 0 Å². The molecule has 0 aliphatic carbocycles. The summed E-state index contributed by atoms with van der Waals surface area (Å²) in [7, 11) is 4.08. The molecule has 28 heavy (non-hydrogen) atoms. The Kier molecular flexibility index (Phi) is 5.96. The van der Waals surface area contributed by atoms with E-state index in [1.54, 1.807) is 18.1 Å². The van der Waals surface area contributed by atoms with E-state index in [1.165, 1.54) is 14.2 Å². The van der Waals surface area contributed by atoms with Crippen LogP contribution in [0.25, 0.3) is 11.1 Å². The van der Waals surface area contributed by atoms with Gasteiger partial charge in [-0.1, -0.05) is 30.3 Å². The highest BCUT2D eigenvalue weighted by molar-refractivity contribution is 6.04. The summed E-state index contributed by atoms with van der Waals surface area (Å²) < 4.78 is 20.7. The van der Waals surface area contributed by atoms with Crippen molar-refractivity contribution in [3.8, 4) is 16.9 Å². The van der Waals surface area contributed by atoms with Gasteiger partial charge in [-0.05, 0) is 17.7 Å². The van der Waals surface area contributed by atoms with Crippen LogP contribution in [0, 0.1) is 0 Å². The number of anilines is 1. The van der Waals surface area contributed by atoms with Gasteiger partial charge in [-0.15, -0.1) is 0 Å². The van der Waals surface area contributed by atoms with Crippen molar-refractivity contribution in [1.82, 2.24) is 0 Å². The average Bonchev–Trinajstić information content (AvgIpc) is 2.77. The summed E-state index contributed by atoms with van der Waals surface area (Å²) in [6.07, 6.45) is 0. The summed E-state index contributed by atoms with van der Waals surface area (Å²) in [5, 5.41) is 0. The van der Waals surface area contributed by atoms with Gasteiger partial charge in [0.05, 0.1) is 39.2 Å². The molecule has 7 heteroatoms. The van der Waals surface area contributed by atoms with E-state index < -0.39 is 11.9 Å². The van der Waals surface area contributed by atoms with Crippen LogP contribution in [-0.2, 0) is 23.8 Å². The van der Waals surface area contributed by atoms with Crippen molar-refractivity contribution in [2.75, 3.05) is 39.6 Å². The Balaban J connectivity index is 2.22. The maximum Gasteiger partial charge on any atom is 0.355 e. The highest BCUT2D eigenvalue weighted by Crippen LogP contribution is 2.37. The molecule has 0 radical (unpaired) electrons. The standard InChI is InChI=1S/C21H21NO6/c1-25-15-9-10-16(14-7-5-4-6-8-14)18(11-15)22-13-28-12-17(20(23)26-2)19(22)21(24)27-3/h4-11H,12-13H2,1-3H3. The summed E-state index contributed by atoms with van der Waals surface area (Å²) in [5.41, 5.74) is 2.62. The third kappa shape index (κ3) is 3.70. The van der Waals surface area contributed by atoms with Crippen molar-refractivity contribution in [1.29, 1.82) is 0 Å². The zero-order valence-corrected chi connectivity index (χ0v) is 15.9. The van der Waals surface area contributed by atoms with Crippen molar-refractivity contribution in [3.05, 3.63) is 59.8 Å². The van der Waals surface area contributed by atoms with Gasteiger partial charge in [-0.2, -0.15) is 0 Å². The van der Waals surface area contributed by atoms with Gasteiger partial charge in [0.15, 0.2) is 0 Å². The highest BCUT2D eigenvalue weighted by atomic mass is 16.5. The molecule has 7 nitrogen and oxygen atoms in total. The highest BCUT2D eigenvalue weighted by Gasteiger charge is 2.33. The zero-order chi connectivity index (χ0) is 20.1. The Bertz CT molecular complexity index is 906.